The monoisotopic (exact) mass is 307 g/mol. The molecule has 1 unspecified atom stereocenters. The summed E-state index contributed by atoms with van der Waals surface area (Å²) in [5.74, 6) is 1.08. The minimum Gasteiger partial charge on any atom is -0.381 e. The van der Waals surface area contributed by atoms with E-state index in [2.05, 4.69) is 34.7 Å². The molecular formula is C16H25N3OS. The van der Waals surface area contributed by atoms with Crippen LogP contribution in [-0.2, 0) is 11.2 Å². The number of hydrogen-bond donors (Lipinski definition) is 1. The third-order valence-corrected chi connectivity index (χ3v) is 5.39. The molecule has 0 aromatic carbocycles. The second-order valence-electron chi connectivity index (χ2n) is 6.04. The van der Waals surface area contributed by atoms with Crippen molar-refractivity contribution in [1.29, 1.82) is 0 Å². The third-order valence-electron chi connectivity index (χ3n) is 4.46. The molecule has 0 aliphatic carbocycles. The van der Waals surface area contributed by atoms with Gasteiger partial charge in [-0.05, 0) is 31.2 Å². The molecule has 116 valence electrons. The van der Waals surface area contributed by atoms with Crippen molar-refractivity contribution in [2.75, 3.05) is 39.4 Å². The van der Waals surface area contributed by atoms with Crippen LogP contribution in [0.1, 0.15) is 24.6 Å². The van der Waals surface area contributed by atoms with Crippen LogP contribution in [0.2, 0.25) is 0 Å². The fraction of sp³-hybridized carbons (Fsp3) is 0.688. The van der Waals surface area contributed by atoms with Crippen LogP contribution >= 0.6 is 11.3 Å². The molecule has 0 radical (unpaired) electrons. The highest BCUT2D eigenvalue weighted by Crippen LogP contribution is 2.38. The minimum atomic E-state index is 0.393. The van der Waals surface area contributed by atoms with Crippen LogP contribution in [0.3, 0.4) is 0 Å². The molecule has 2 fully saturated rings. The van der Waals surface area contributed by atoms with Crippen LogP contribution < -0.4 is 5.32 Å². The van der Waals surface area contributed by atoms with Gasteiger partial charge in [-0.15, -0.1) is 11.3 Å². The number of ether oxygens (including phenoxy) is 1. The van der Waals surface area contributed by atoms with Crippen molar-refractivity contribution >= 4 is 17.3 Å². The van der Waals surface area contributed by atoms with Crippen molar-refractivity contribution in [3.63, 3.8) is 0 Å². The van der Waals surface area contributed by atoms with Crippen molar-refractivity contribution in [2.45, 2.75) is 26.2 Å². The lowest BCUT2D eigenvalue weighted by atomic mass is 9.87. The van der Waals surface area contributed by atoms with Gasteiger partial charge in [-0.3, -0.25) is 4.99 Å². The first-order valence-corrected chi connectivity index (χ1v) is 8.83. The molecule has 0 bridgehead atoms. The van der Waals surface area contributed by atoms with Crippen LogP contribution in [0, 0.1) is 5.41 Å². The maximum absolute atomic E-state index is 5.61. The van der Waals surface area contributed by atoms with E-state index in [9.17, 15) is 0 Å². The van der Waals surface area contributed by atoms with Gasteiger partial charge >= 0.3 is 0 Å². The van der Waals surface area contributed by atoms with Crippen molar-refractivity contribution in [3.05, 3.63) is 22.4 Å². The normalized spacial score (nSPS) is 26.0. The Morgan fingerprint density at radius 2 is 2.48 bits per heavy atom. The molecule has 1 aromatic heterocycles. The number of rotatable bonds is 4. The largest absolute Gasteiger partial charge is 0.381 e. The average Bonchev–Trinajstić information content (AvgIpc) is 3.22. The minimum absolute atomic E-state index is 0.393. The maximum atomic E-state index is 5.61. The summed E-state index contributed by atoms with van der Waals surface area (Å²) < 4.78 is 5.61. The average molecular weight is 307 g/mol. The summed E-state index contributed by atoms with van der Waals surface area (Å²) in [4.78, 5) is 8.66. The number of hydrogen-bond acceptors (Lipinski definition) is 3. The zero-order valence-corrected chi connectivity index (χ0v) is 13.6. The summed E-state index contributed by atoms with van der Waals surface area (Å²) in [7, 11) is 0. The number of nitrogens with zero attached hydrogens (tertiary/aromatic N) is 2. The molecule has 3 heterocycles. The standard InChI is InChI=1S/C16H25N3OS/c1-2-17-15(18-8-5-14-4-3-11-21-14)19-9-6-16(12-19)7-10-20-13-16/h3-4,11H,2,5-10,12-13H2,1H3,(H,17,18). The van der Waals surface area contributed by atoms with Gasteiger partial charge in [-0.2, -0.15) is 0 Å². The van der Waals surface area contributed by atoms with Crippen LogP contribution in [0.25, 0.3) is 0 Å². The fourth-order valence-electron chi connectivity index (χ4n) is 3.24. The van der Waals surface area contributed by atoms with Gasteiger partial charge < -0.3 is 15.0 Å². The van der Waals surface area contributed by atoms with Gasteiger partial charge in [0.25, 0.3) is 0 Å². The molecule has 21 heavy (non-hydrogen) atoms. The van der Waals surface area contributed by atoms with Gasteiger partial charge in [0.2, 0.25) is 0 Å². The molecule has 2 aliphatic rings. The van der Waals surface area contributed by atoms with Gasteiger partial charge in [0.1, 0.15) is 0 Å². The smallest absolute Gasteiger partial charge is 0.193 e. The molecule has 1 N–H and O–H groups in total. The molecule has 0 saturated carbocycles. The van der Waals surface area contributed by atoms with Crippen LogP contribution in [0.15, 0.2) is 22.5 Å². The Hall–Kier alpha value is -1.07. The van der Waals surface area contributed by atoms with Crippen molar-refractivity contribution in [1.82, 2.24) is 10.2 Å². The molecule has 5 heteroatoms. The van der Waals surface area contributed by atoms with Gasteiger partial charge in [-0.1, -0.05) is 6.07 Å². The van der Waals surface area contributed by atoms with Gasteiger partial charge in [0.05, 0.1) is 6.61 Å². The Bertz CT molecular complexity index is 466. The Labute approximate surface area is 131 Å². The maximum Gasteiger partial charge on any atom is 0.193 e. The van der Waals surface area contributed by atoms with E-state index in [0.29, 0.717) is 5.41 Å². The summed E-state index contributed by atoms with van der Waals surface area (Å²) >= 11 is 1.82. The van der Waals surface area contributed by atoms with Crippen LogP contribution in [0.4, 0.5) is 0 Å². The number of likely N-dealkylation sites (tertiary alicyclic amines) is 1. The summed E-state index contributed by atoms with van der Waals surface area (Å²) in [5, 5.41) is 5.58. The first-order valence-electron chi connectivity index (χ1n) is 7.95. The molecular weight excluding hydrogens is 282 g/mol. The van der Waals surface area contributed by atoms with Crippen molar-refractivity contribution in [2.24, 2.45) is 10.4 Å². The SMILES string of the molecule is CCNC(=NCCc1cccs1)N1CCC2(CCOC2)C1. The van der Waals surface area contributed by atoms with E-state index in [-0.39, 0.29) is 0 Å². The Balaban J connectivity index is 1.58. The number of thiophene rings is 1. The van der Waals surface area contributed by atoms with Gasteiger partial charge in [0.15, 0.2) is 5.96 Å². The molecule has 1 aromatic rings. The molecule has 0 amide bonds. The van der Waals surface area contributed by atoms with E-state index in [4.69, 9.17) is 9.73 Å². The summed E-state index contributed by atoms with van der Waals surface area (Å²) in [6.07, 6.45) is 3.48. The number of nitrogens with one attached hydrogen (secondary N) is 1. The summed E-state index contributed by atoms with van der Waals surface area (Å²) in [6, 6.07) is 4.30. The zero-order chi connectivity index (χ0) is 14.5. The lowest BCUT2D eigenvalue weighted by Crippen LogP contribution is -2.41. The Morgan fingerprint density at radius 3 is 3.19 bits per heavy atom. The predicted octanol–water partition coefficient (Wildman–Crippen LogP) is 2.37. The Kier molecular flexibility index (Phi) is 4.80. The molecule has 3 rings (SSSR count). The van der Waals surface area contributed by atoms with E-state index < -0.39 is 0 Å². The highest BCUT2D eigenvalue weighted by atomic mass is 32.1. The van der Waals surface area contributed by atoms with E-state index in [0.717, 1.165) is 51.8 Å². The fourth-order valence-corrected chi connectivity index (χ4v) is 3.94. The lowest BCUT2D eigenvalue weighted by Gasteiger charge is -2.24. The first-order chi connectivity index (χ1) is 10.3. The highest BCUT2D eigenvalue weighted by Gasteiger charge is 2.42. The predicted molar refractivity (Wildman–Crippen MR) is 88.1 cm³/mol. The zero-order valence-electron chi connectivity index (χ0n) is 12.8. The number of aliphatic imine (C=N–C) groups is 1. The van der Waals surface area contributed by atoms with Gasteiger partial charge in [-0.25, -0.2) is 0 Å². The van der Waals surface area contributed by atoms with Crippen LogP contribution in [0.5, 0.6) is 0 Å². The lowest BCUT2D eigenvalue weighted by molar-refractivity contribution is 0.156. The summed E-state index contributed by atoms with van der Waals surface area (Å²) in [5.41, 5.74) is 0.393. The molecule has 2 aliphatic heterocycles. The number of guanidine groups is 1. The third kappa shape index (κ3) is 3.58. The van der Waals surface area contributed by atoms with Crippen LogP contribution in [-0.4, -0.2) is 50.3 Å². The van der Waals surface area contributed by atoms with Gasteiger partial charge in [0, 0.05) is 49.5 Å². The highest BCUT2D eigenvalue weighted by molar-refractivity contribution is 7.09. The Morgan fingerprint density at radius 1 is 1.52 bits per heavy atom. The topological polar surface area (TPSA) is 36.9 Å². The van der Waals surface area contributed by atoms with E-state index in [1.165, 1.54) is 17.7 Å². The molecule has 1 atom stereocenters. The first kappa shape index (κ1) is 14.9. The second-order valence-corrected chi connectivity index (χ2v) is 7.07. The molecule has 1 spiro atoms. The van der Waals surface area contributed by atoms with E-state index in [1.807, 2.05) is 11.3 Å². The van der Waals surface area contributed by atoms with Crippen molar-refractivity contribution in [3.8, 4) is 0 Å². The summed E-state index contributed by atoms with van der Waals surface area (Å²) in [6.45, 7) is 7.99. The van der Waals surface area contributed by atoms with Crippen molar-refractivity contribution < 1.29 is 4.74 Å². The molecule has 4 nitrogen and oxygen atoms in total. The quantitative estimate of drug-likeness (QED) is 0.685. The second kappa shape index (κ2) is 6.79. The van der Waals surface area contributed by atoms with E-state index >= 15 is 0 Å². The van der Waals surface area contributed by atoms with E-state index in [1.54, 1.807) is 0 Å². The molecule has 2 saturated heterocycles.